The molecule has 0 unspecified atom stereocenters. The van der Waals surface area contributed by atoms with E-state index in [-0.39, 0.29) is 18.2 Å². The van der Waals surface area contributed by atoms with Crippen molar-refractivity contribution in [2.24, 2.45) is 5.73 Å². The second-order valence-electron chi connectivity index (χ2n) is 5.41. The molecular formula is C14H20F2N2O2S. The Morgan fingerprint density at radius 1 is 1.24 bits per heavy atom. The van der Waals surface area contributed by atoms with Gasteiger partial charge in [0, 0.05) is 19.6 Å². The van der Waals surface area contributed by atoms with E-state index in [0.29, 0.717) is 0 Å². The first-order valence-electron chi connectivity index (χ1n) is 7.04. The van der Waals surface area contributed by atoms with Gasteiger partial charge in [-0.25, -0.2) is 17.2 Å². The molecule has 2 rings (SSSR count). The Bertz CT molecular complexity index is 614. The summed E-state index contributed by atoms with van der Waals surface area (Å²) in [5.41, 5.74) is 5.66. The van der Waals surface area contributed by atoms with Crippen LogP contribution in [0, 0.1) is 11.6 Å². The van der Waals surface area contributed by atoms with Crippen LogP contribution in [-0.4, -0.2) is 25.8 Å². The predicted molar refractivity (Wildman–Crippen MR) is 76.1 cm³/mol. The summed E-state index contributed by atoms with van der Waals surface area (Å²) in [6.45, 7) is -0.0487. The molecule has 0 spiro atoms. The molecule has 1 aromatic carbocycles. The smallest absolute Gasteiger partial charge is 0.246 e. The van der Waals surface area contributed by atoms with Crippen LogP contribution in [0.2, 0.25) is 0 Å². The van der Waals surface area contributed by atoms with Gasteiger partial charge in [0.1, 0.15) is 4.90 Å². The standard InChI is InChI=1S/C14H20F2N2O2S/c1-18(11-5-3-2-4-6-11)21(19,20)13-8-10(9-17)7-12(15)14(13)16/h7-8,11H,2-6,9,17H2,1H3. The van der Waals surface area contributed by atoms with E-state index in [1.807, 2.05) is 0 Å². The third kappa shape index (κ3) is 3.25. The summed E-state index contributed by atoms with van der Waals surface area (Å²) < 4.78 is 53.7. The monoisotopic (exact) mass is 318 g/mol. The second kappa shape index (κ2) is 6.37. The number of halogens is 2. The predicted octanol–water partition coefficient (Wildman–Crippen LogP) is 2.38. The van der Waals surface area contributed by atoms with Crippen LogP contribution in [-0.2, 0) is 16.6 Å². The van der Waals surface area contributed by atoms with Gasteiger partial charge < -0.3 is 5.73 Å². The number of hydrogen-bond donors (Lipinski definition) is 1. The van der Waals surface area contributed by atoms with Crippen LogP contribution in [0.25, 0.3) is 0 Å². The maximum absolute atomic E-state index is 13.9. The summed E-state index contributed by atoms with van der Waals surface area (Å²) >= 11 is 0. The van der Waals surface area contributed by atoms with Crippen LogP contribution in [0.4, 0.5) is 8.78 Å². The zero-order valence-electron chi connectivity index (χ0n) is 12.0. The zero-order valence-corrected chi connectivity index (χ0v) is 12.8. The van der Waals surface area contributed by atoms with Crippen molar-refractivity contribution in [2.75, 3.05) is 7.05 Å². The normalized spacial score (nSPS) is 17.4. The number of rotatable bonds is 4. The fourth-order valence-electron chi connectivity index (χ4n) is 2.72. The van der Waals surface area contributed by atoms with Crippen molar-refractivity contribution < 1.29 is 17.2 Å². The molecule has 0 atom stereocenters. The summed E-state index contributed by atoms with van der Waals surface area (Å²) in [6.07, 6.45) is 4.47. The SMILES string of the molecule is CN(C1CCCCC1)S(=O)(=O)c1cc(CN)cc(F)c1F. The molecule has 1 aliphatic rings. The summed E-state index contributed by atoms with van der Waals surface area (Å²) in [6, 6.07) is 1.88. The van der Waals surface area contributed by atoms with E-state index in [1.54, 1.807) is 0 Å². The Kier molecular flexibility index (Phi) is 4.95. The molecule has 1 aliphatic carbocycles. The summed E-state index contributed by atoms with van der Waals surface area (Å²) in [5.74, 6) is -2.52. The van der Waals surface area contributed by atoms with Crippen molar-refractivity contribution in [3.8, 4) is 0 Å². The average molecular weight is 318 g/mol. The minimum absolute atomic E-state index is 0.0487. The van der Waals surface area contributed by atoms with Gasteiger partial charge >= 0.3 is 0 Å². The number of hydrogen-bond acceptors (Lipinski definition) is 3. The highest BCUT2D eigenvalue weighted by Gasteiger charge is 2.32. The first kappa shape index (κ1) is 16.3. The molecule has 7 heteroatoms. The Hall–Kier alpha value is -1.05. The number of nitrogens with two attached hydrogens (primary N) is 1. The maximum atomic E-state index is 13.9. The summed E-state index contributed by atoms with van der Waals surface area (Å²) in [7, 11) is -2.63. The topological polar surface area (TPSA) is 63.4 Å². The molecule has 4 nitrogen and oxygen atoms in total. The van der Waals surface area contributed by atoms with Crippen LogP contribution in [0.5, 0.6) is 0 Å². The highest BCUT2D eigenvalue weighted by atomic mass is 32.2. The molecule has 0 bridgehead atoms. The van der Waals surface area contributed by atoms with Gasteiger partial charge in [-0.15, -0.1) is 0 Å². The fraction of sp³-hybridized carbons (Fsp3) is 0.571. The number of nitrogens with zero attached hydrogens (tertiary/aromatic N) is 1. The number of benzene rings is 1. The molecule has 0 radical (unpaired) electrons. The highest BCUT2D eigenvalue weighted by Crippen LogP contribution is 2.28. The zero-order chi connectivity index (χ0) is 15.6. The molecule has 0 aliphatic heterocycles. The lowest BCUT2D eigenvalue weighted by Gasteiger charge is -2.30. The molecule has 1 saturated carbocycles. The minimum atomic E-state index is -4.06. The van der Waals surface area contributed by atoms with Crippen LogP contribution in [0.1, 0.15) is 37.7 Å². The van der Waals surface area contributed by atoms with Gasteiger partial charge in [0.15, 0.2) is 11.6 Å². The molecule has 118 valence electrons. The van der Waals surface area contributed by atoms with E-state index in [0.717, 1.165) is 44.2 Å². The Morgan fingerprint density at radius 3 is 2.43 bits per heavy atom. The Balaban J connectivity index is 2.40. The lowest BCUT2D eigenvalue weighted by molar-refractivity contribution is 0.284. The van der Waals surface area contributed by atoms with E-state index >= 15 is 0 Å². The van der Waals surface area contributed by atoms with Gasteiger partial charge in [0.2, 0.25) is 10.0 Å². The van der Waals surface area contributed by atoms with Gasteiger partial charge in [0.05, 0.1) is 0 Å². The quantitative estimate of drug-likeness (QED) is 0.927. The lowest BCUT2D eigenvalue weighted by Crippen LogP contribution is -2.38. The van der Waals surface area contributed by atoms with E-state index in [9.17, 15) is 17.2 Å². The van der Waals surface area contributed by atoms with Crippen LogP contribution < -0.4 is 5.73 Å². The van der Waals surface area contributed by atoms with Gasteiger partial charge in [-0.2, -0.15) is 4.31 Å². The van der Waals surface area contributed by atoms with Crippen LogP contribution >= 0.6 is 0 Å². The molecule has 0 heterocycles. The lowest BCUT2D eigenvalue weighted by atomic mass is 9.96. The molecule has 2 N–H and O–H groups in total. The Labute approximate surface area is 124 Å². The maximum Gasteiger partial charge on any atom is 0.246 e. The van der Waals surface area contributed by atoms with Crippen molar-refractivity contribution >= 4 is 10.0 Å². The van der Waals surface area contributed by atoms with Gasteiger partial charge in [-0.3, -0.25) is 0 Å². The fourth-order valence-corrected chi connectivity index (χ4v) is 4.26. The molecule has 1 aromatic rings. The first-order chi connectivity index (χ1) is 9.87. The summed E-state index contributed by atoms with van der Waals surface area (Å²) in [4.78, 5) is -0.629. The molecule has 0 saturated heterocycles. The van der Waals surface area contributed by atoms with E-state index in [1.165, 1.54) is 11.4 Å². The molecule has 1 fully saturated rings. The molecule has 21 heavy (non-hydrogen) atoms. The van der Waals surface area contributed by atoms with Crippen molar-refractivity contribution in [1.29, 1.82) is 0 Å². The van der Waals surface area contributed by atoms with E-state index in [4.69, 9.17) is 5.73 Å². The highest BCUT2D eigenvalue weighted by molar-refractivity contribution is 7.89. The summed E-state index contributed by atoms with van der Waals surface area (Å²) in [5, 5.41) is 0. The third-order valence-electron chi connectivity index (χ3n) is 4.04. The van der Waals surface area contributed by atoms with E-state index < -0.39 is 26.6 Å². The van der Waals surface area contributed by atoms with Gasteiger partial charge in [-0.1, -0.05) is 19.3 Å². The van der Waals surface area contributed by atoms with Crippen molar-refractivity contribution in [3.63, 3.8) is 0 Å². The van der Waals surface area contributed by atoms with Crippen molar-refractivity contribution in [2.45, 2.75) is 49.6 Å². The van der Waals surface area contributed by atoms with Gasteiger partial charge in [0.25, 0.3) is 0 Å². The van der Waals surface area contributed by atoms with Crippen LogP contribution in [0.3, 0.4) is 0 Å². The van der Waals surface area contributed by atoms with Gasteiger partial charge in [-0.05, 0) is 30.5 Å². The van der Waals surface area contributed by atoms with Crippen molar-refractivity contribution in [3.05, 3.63) is 29.3 Å². The van der Waals surface area contributed by atoms with E-state index in [2.05, 4.69) is 0 Å². The second-order valence-corrected chi connectivity index (χ2v) is 7.37. The first-order valence-corrected chi connectivity index (χ1v) is 8.48. The average Bonchev–Trinajstić information content (AvgIpc) is 2.49. The van der Waals surface area contributed by atoms with Crippen LogP contribution in [0.15, 0.2) is 17.0 Å². The third-order valence-corrected chi connectivity index (χ3v) is 5.95. The Morgan fingerprint density at radius 2 is 1.86 bits per heavy atom. The molecular weight excluding hydrogens is 298 g/mol. The largest absolute Gasteiger partial charge is 0.326 e. The van der Waals surface area contributed by atoms with Crippen molar-refractivity contribution in [1.82, 2.24) is 4.31 Å². The molecule has 0 aromatic heterocycles. The number of sulfonamides is 1. The molecule has 0 amide bonds. The minimum Gasteiger partial charge on any atom is -0.326 e.